The standard InChI is InChI=1S/C26H35N3O4S/c1-3-8-21(27)25(32)33-19-13-11-18(12-14-19)23(30)16-34-26-28-22(20(4-2)24(31)29-26)15-17-9-6-5-7-10-17/h11-14,17,21H,3-10,15-16,27H2,1-2H3,(H,28,29,31). The van der Waals surface area contributed by atoms with E-state index >= 15 is 0 Å². The first kappa shape index (κ1) is 26.2. The molecular formula is C26H35N3O4S. The molecule has 1 heterocycles. The maximum atomic E-state index is 12.7. The molecule has 3 N–H and O–H groups in total. The molecule has 1 fully saturated rings. The first-order valence-electron chi connectivity index (χ1n) is 12.3. The van der Waals surface area contributed by atoms with Gasteiger partial charge in [-0.1, -0.05) is 64.1 Å². The molecule has 184 valence electrons. The summed E-state index contributed by atoms with van der Waals surface area (Å²) < 4.78 is 5.27. The summed E-state index contributed by atoms with van der Waals surface area (Å²) in [6.07, 6.45) is 8.99. The Bertz CT molecular complexity index is 1030. The van der Waals surface area contributed by atoms with E-state index in [1.807, 2.05) is 13.8 Å². The summed E-state index contributed by atoms with van der Waals surface area (Å²) in [6, 6.07) is 5.78. The zero-order chi connectivity index (χ0) is 24.5. The highest BCUT2D eigenvalue weighted by atomic mass is 32.2. The van der Waals surface area contributed by atoms with Gasteiger partial charge in [-0.2, -0.15) is 0 Å². The number of carbonyl (C=O) groups is 2. The van der Waals surface area contributed by atoms with Gasteiger partial charge in [0.05, 0.1) is 11.4 Å². The van der Waals surface area contributed by atoms with E-state index in [-0.39, 0.29) is 17.1 Å². The number of carbonyl (C=O) groups excluding carboxylic acids is 2. The van der Waals surface area contributed by atoms with Crippen LogP contribution in [0.3, 0.4) is 0 Å². The van der Waals surface area contributed by atoms with Crippen LogP contribution in [0.1, 0.15) is 80.4 Å². The molecule has 0 radical (unpaired) electrons. The van der Waals surface area contributed by atoms with E-state index in [2.05, 4.69) is 4.98 Å². The molecule has 1 atom stereocenters. The number of nitrogens with one attached hydrogen (secondary N) is 1. The van der Waals surface area contributed by atoms with E-state index in [9.17, 15) is 14.4 Å². The zero-order valence-corrected chi connectivity index (χ0v) is 20.9. The lowest BCUT2D eigenvalue weighted by atomic mass is 9.85. The average Bonchev–Trinajstić information content (AvgIpc) is 2.83. The van der Waals surface area contributed by atoms with E-state index < -0.39 is 12.0 Å². The lowest BCUT2D eigenvalue weighted by Gasteiger charge is -2.22. The van der Waals surface area contributed by atoms with Crippen LogP contribution >= 0.6 is 11.8 Å². The highest BCUT2D eigenvalue weighted by Gasteiger charge is 2.19. The van der Waals surface area contributed by atoms with Gasteiger partial charge in [0.25, 0.3) is 5.56 Å². The van der Waals surface area contributed by atoms with Crippen LogP contribution in [0.2, 0.25) is 0 Å². The van der Waals surface area contributed by atoms with Crippen LogP contribution in [-0.4, -0.2) is 33.5 Å². The minimum atomic E-state index is -0.653. The van der Waals surface area contributed by atoms with Crippen molar-refractivity contribution in [3.05, 3.63) is 51.4 Å². The third kappa shape index (κ3) is 7.27. The molecule has 0 bridgehead atoms. The average molecular weight is 486 g/mol. The Morgan fingerprint density at radius 1 is 1.18 bits per heavy atom. The molecule has 0 saturated heterocycles. The number of nitrogens with zero attached hydrogens (tertiary/aromatic N) is 1. The maximum Gasteiger partial charge on any atom is 0.328 e. The summed E-state index contributed by atoms with van der Waals surface area (Å²) in [4.78, 5) is 44.8. The third-order valence-electron chi connectivity index (χ3n) is 6.28. The molecule has 0 aliphatic heterocycles. The summed E-state index contributed by atoms with van der Waals surface area (Å²) in [5.74, 6) is 0.511. The highest BCUT2D eigenvalue weighted by Crippen LogP contribution is 2.27. The van der Waals surface area contributed by atoms with Gasteiger partial charge in [0.1, 0.15) is 11.8 Å². The van der Waals surface area contributed by atoms with Crippen molar-refractivity contribution in [3.63, 3.8) is 0 Å². The number of esters is 1. The number of aromatic amines is 1. The number of hydrogen-bond acceptors (Lipinski definition) is 7. The lowest BCUT2D eigenvalue weighted by molar-refractivity contribution is -0.136. The van der Waals surface area contributed by atoms with Gasteiger partial charge in [-0.15, -0.1) is 0 Å². The van der Waals surface area contributed by atoms with Crippen LogP contribution in [0.25, 0.3) is 0 Å². The fourth-order valence-corrected chi connectivity index (χ4v) is 5.11. The molecule has 34 heavy (non-hydrogen) atoms. The van der Waals surface area contributed by atoms with Crippen molar-refractivity contribution in [1.29, 1.82) is 0 Å². The molecule has 0 spiro atoms. The second-order valence-corrected chi connectivity index (χ2v) is 9.87. The normalized spacial score (nSPS) is 15.1. The van der Waals surface area contributed by atoms with Crippen LogP contribution in [0.15, 0.2) is 34.2 Å². The van der Waals surface area contributed by atoms with Gasteiger partial charge in [0, 0.05) is 11.1 Å². The van der Waals surface area contributed by atoms with Gasteiger partial charge in [-0.3, -0.25) is 9.59 Å². The number of thioether (sulfide) groups is 1. The van der Waals surface area contributed by atoms with Gasteiger partial charge >= 0.3 is 5.97 Å². The van der Waals surface area contributed by atoms with E-state index in [0.717, 1.165) is 24.1 Å². The van der Waals surface area contributed by atoms with Crippen molar-refractivity contribution in [2.24, 2.45) is 11.7 Å². The summed E-state index contributed by atoms with van der Waals surface area (Å²) in [6.45, 7) is 3.93. The van der Waals surface area contributed by atoms with Crippen LogP contribution in [0, 0.1) is 5.92 Å². The summed E-state index contributed by atoms with van der Waals surface area (Å²) >= 11 is 1.24. The second kappa shape index (κ2) is 12.9. The van der Waals surface area contributed by atoms with E-state index in [4.69, 9.17) is 15.5 Å². The van der Waals surface area contributed by atoms with Crippen LogP contribution in [-0.2, 0) is 17.6 Å². The van der Waals surface area contributed by atoms with Crippen LogP contribution in [0.5, 0.6) is 5.75 Å². The smallest absolute Gasteiger partial charge is 0.328 e. The summed E-state index contributed by atoms with van der Waals surface area (Å²) in [5.41, 5.74) is 7.80. The monoisotopic (exact) mass is 485 g/mol. The molecule has 1 aromatic carbocycles. The predicted molar refractivity (Wildman–Crippen MR) is 135 cm³/mol. The molecule has 1 aliphatic carbocycles. The molecular weight excluding hydrogens is 450 g/mol. The molecule has 1 aliphatic rings. The number of Topliss-reactive ketones (excluding diaryl/α,β-unsaturated/α-hetero) is 1. The van der Waals surface area contributed by atoms with Gasteiger partial charge in [0.15, 0.2) is 10.9 Å². The molecule has 0 amide bonds. The van der Waals surface area contributed by atoms with Crippen molar-refractivity contribution < 1.29 is 14.3 Å². The highest BCUT2D eigenvalue weighted by molar-refractivity contribution is 7.99. The predicted octanol–water partition coefficient (Wildman–Crippen LogP) is 4.46. The zero-order valence-electron chi connectivity index (χ0n) is 20.1. The Kier molecular flexibility index (Phi) is 9.89. The minimum absolute atomic E-state index is 0.0957. The number of ether oxygens (including phenoxy) is 1. The minimum Gasteiger partial charge on any atom is -0.425 e. The molecule has 2 aromatic rings. The SMILES string of the molecule is CCCC(N)C(=O)Oc1ccc(C(=O)CSc2nc(CC3CCCCC3)c(CC)c(=O)[nH]2)cc1. The first-order chi connectivity index (χ1) is 16.4. The molecule has 1 unspecified atom stereocenters. The van der Waals surface area contributed by atoms with Crippen molar-refractivity contribution in [3.8, 4) is 5.75 Å². The molecule has 7 nitrogen and oxygen atoms in total. The van der Waals surface area contributed by atoms with Gasteiger partial charge in [0.2, 0.25) is 0 Å². The third-order valence-corrected chi connectivity index (χ3v) is 7.15. The first-order valence-corrected chi connectivity index (χ1v) is 13.2. The van der Waals surface area contributed by atoms with Crippen molar-refractivity contribution in [2.75, 3.05) is 5.75 Å². The fourth-order valence-electron chi connectivity index (χ4n) is 4.33. The fraction of sp³-hybridized carbons (Fsp3) is 0.538. The number of rotatable bonds is 11. The number of ketones is 1. The Morgan fingerprint density at radius 2 is 1.88 bits per heavy atom. The largest absolute Gasteiger partial charge is 0.425 e. The number of H-pyrrole nitrogens is 1. The van der Waals surface area contributed by atoms with E-state index in [1.54, 1.807) is 24.3 Å². The Morgan fingerprint density at radius 3 is 2.53 bits per heavy atom. The Balaban J connectivity index is 1.61. The molecule has 8 heteroatoms. The molecule has 3 rings (SSSR count). The molecule has 1 saturated carbocycles. The van der Waals surface area contributed by atoms with Crippen molar-refractivity contribution in [1.82, 2.24) is 9.97 Å². The van der Waals surface area contributed by atoms with E-state index in [1.165, 1.54) is 43.9 Å². The van der Waals surface area contributed by atoms with E-state index in [0.29, 0.717) is 35.2 Å². The molecule has 1 aromatic heterocycles. The van der Waals surface area contributed by atoms with Gasteiger partial charge < -0.3 is 15.5 Å². The van der Waals surface area contributed by atoms with Crippen LogP contribution in [0.4, 0.5) is 0 Å². The van der Waals surface area contributed by atoms with Crippen molar-refractivity contribution >= 4 is 23.5 Å². The van der Waals surface area contributed by atoms with Gasteiger partial charge in [-0.25, -0.2) is 9.78 Å². The topological polar surface area (TPSA) is 115 Å². The number of hydrogen-bond donors (Lipinski definition) is 2. The number of benzene rings is 1. The van der Waals surface area contributed by atoms with Crippen molar-refractivity contribution in [2.45, 2.75) is 82.8 Å². The second-order valence-electron chi connectivity index (χ2n) is 8.91. The van der Waals surface area contributed by atoms with Gasteiger partial charge in [-0.05, 0) is 49.4 Å². The summed E-state index contributed by atoms with van der Waals surface area (Å²) in [7, 11) is 0. The van der Waals surface area contributed by atoms with Crippen LogP contribution < -0.4 is 16.0 Å². The summed E-state index contributed by atoms with van der Waals surface area (Å²) in [5, 5.41) is 0.483. The Labute approximate surface area is 205 Å². The number of nitrogens with two attached hydrogens (primary N) is 1. The maximum absolute atomic E-state index is 12.7. The quantitative estimate of drug-likeness (QED) is 0.159. The lowest BCUT2D eigenvalue weighted by Crippen LogP contribution is -2.33. The Hall–Kier alpha value is -2.45. The number of aromatic nitrogens is 2.